The Hall–Kier alpha value is -1.75. The summed E-state index contributed by atoms with van der Waals surface area (Å²) in [6.45, 7) is 5.69. The molecule has 35 heavy (non-hydrogen) atoms. The number of carbonyl (C=O) groups is 1. The zero-order valence-corrected chi connectivity index (χ0v) is 24.0. The fourth-order valence-electron chi connectivity index (χ4n) is 3.92. The Kier molecular flexibility index (Phi) is 11.2. The zero-order valence-electron chi connectivity index (χ0n) is 20.9. The molecule has 0 spiro atoms. The first-order valence-corrected chi connectivity index (χ1v) is 14.8. The molecule has 1 aliphatic carbocycles. The summed E-state index contributed by atoms with van der Waals surface area (Å²) in [6.07, 6.45) is 4.77. The van der Waals surface area contributed by atoms with Crippen molar-refractivity contribution in [1.29, 1.82) is 0 Å². The normalized spacial score (nSPS) is 17.9. The fraction of sp³-hybridized carbons (Fsp3) is 0.367. The minimum absolute atomic E-state index is 0.0911. The van der Waals surface area contributed by atoms with Gasteiger partial charge in [0.25, 0.3) is 0 Å². The summed E-state index contributed by atoms with van der Waals surface area (Å²) in [4.78, 5) is 11.4. The first-order chi connectivity index (χ1) is 16.8. The van der Waals surface area contributed by atoms with Crippen molar-refractivity contribution in [2.75, 3.05) is 6.61 Å². The quantitative estimate of drug-likeness (QED) is 0.139. The van der Waals surface area contributed by atoms with Gasteiger partial charge in [0.2, 0.25) is 0 Å². The predicted molar refractivity (Wildman–Crippen MR) is 157 cm³/mol. The van der Waals surface area contributed by atoms with E-state index in [0.717, 1.165) is 16.8 Å². The van der Waals surface area contributed by atoms with Gasteiger partial charge < -0.3 is 9.47 Å². The largest absolute Gasteiger partial charge is 0.458 e. The molecule has 0 N–H and O–H groups in total. The molecule has 1 aliphatic rings. The van der Waals surface area contributed by atoms with Crippen LogP contribution in [0.25, 0.3) is 0 Å². The van der Waals surface area contributed by atoms with E-state index in [0.29, 0.717) is 0 Å². The summed E-state index contributed by atoms with van der Waals surface area (Å²) in [5, 5.41) is 4.19. The van der Waals surface area contributed by atoms with Crippen molar-refractivity contribution in [3.05, 3.63) is 91.0 Å². The van der Waals surface area contributed by atoms with Gasteiger partial charge in [-0.05, 0) is 70.3 Å². The average Bonchev–Trinajstić information content (AvgIpc) is 2.85. The lowest BCUT2D eigenvalue weighted by Crippen LogP contribution is -2.29. The van der Waals surface area contributed by atoms with Crippen LogP contribution in [0.15, 0.2) is 91.0 Å². The summed E-state index contributed by atoms with van der Waals surface area (Å²) < 4.78 is 11.5. The first kappa shape index (κ1) is 27.8. The minimum Gasteiger partial charge on any atom is -0.458 e. The summed E-state index contributed by atoms with van der Waals surface area (Å²) >= 11 is 2.48. The van der Waals surface area contributed by atoms with Crippen LogP contribution in [0.4, 0.5) is 0 Å². The lowest BCUT2D eigenvalue weighted by molar-refractivity contribution is -0.162. The van der Waals surface area contributed by atoms with Crippen LogP contribution in [0.5, 0.6) is 0 Å². The molecule has 0 unspecified atom stereocenters. The van der Waals surface area contributed by atoms with Gasteiger partial charge in [0, 0.05) is 3.92 Å². The molecule has 5 heteroatoms. The SMILES string of the molecule is CC(C)(C)OC(=O)COC1CCC(I)CC1.c1ccc(P(c2ccccc2)c2ccccc2)cc1. The highest BCUT2D eigenvalue weighted by Crippen LogP contribution is 2.32. The number of ether oxygens (including phenoxy) is 2. The molecule has 0 saturated heterocycles. The molecular weight excluding hydrogens is 566 g/mol. The second kappa shape index (κ2) is 14.1. The minimum atomic E-state index is -0.446. The molecule has 0 amide bonds. The zero-order chi connectivity index (χ0) is 25.1. The van der Waals surface area contributed by atoms with Gasteiger partial charge in [0.15, 0.2) is 0 Å². The van der Waals surface area contributed by atoms with Crippen LogP contribution in [-0.4, -0.2) is 28.2 Å². The highest BCUT2D eigenvalue weighted by atomic mass is 127. The van der Waals surface area contributed by atoms with Gasteiger partial charge in [0.05, 0.1) is 6.10 Å². The number of benzene rings is 3. The number of esters is 1. The van der Waals surface area contributed by atoms with E-state index in [1.54, 1.807) is 0 Å². The molecular formula is C30H36IO3P. The van der Waals surface area contributed by atoms with Gasteiger partial charge in [-0.15, -0.1) is 0 Å². The van der Waals surface area contributed by atoms with Gasteiger partial charge in [-0.3, -0.25) is 0 Å². The molecule has 1 fully saturated rings. The lowest BCUT2D eigenvalue weighted by atomic mass is 9.98. The molecule has 3 aromatic rings. The molecule has 3 aromatic carbocycles. The van der Waals surface area contributed by atoms with E-state index in [4.69, 9.17) is 9.47 Å². The topological polar surface area (TPSA) is 35.5 Å². The highest BCUT2D eigenvalue weighted by molar-refractivity contribution is 14.1. The Labute approximate surface area is 225 Å². The second-order valence-corrected chi connectivity index (χ2v) is 13.6. The van der Waals surface area contributed by atoms with Crippen LogP contribution in [0.2, 0.25) is 0 Å². The Balaban J connectivity index is 0.000000199. The maximum atomic E-state index is 11.4. The van der Waals surface area contributed by atoms with Crippen LogP contribution in [0.3, 0.4) is 0 Å². The van der Waals surface area contributed by atoms with E-state index in [1.165, 1.54) is 28.8 Å². The van der Waals surface area contributed by atoms with Gasteiger partial charge in [-0.2, -0.15) is 0 Å². The number of hydrogen-bond acceptors (Lipinski definition) is 3. The third-order valence-corrected chi connectivity index (χ3v) is 9.19. The molecule has 0 aromatic heterocycles. The van der Waals surface area contributed by atoms with E-state index in [1.807, 2.05) is 20.8 Å². The Morgan fingerprint density at radius 2 is 1.17 bits per heavy atom. The van der Waals surface area contributed by atoms with E-state index < -0.39 is 13.5 Å². The van der Waals surface area contributed by atoms with Crippen molar-refractivity contribution in [2.24, 2.45) is 0 Å². The van der Waals surface area contributed by atoms with Crippen molar-refractivity contribution in [3.8, 4) is 0 Å². The second-order valence-electron chi connectivity index (χ2n) is 9.61. The molecule has 0 bridgehead atoms. The molecule has 0 radical (unpaired) electrons. The molecule has 186 valence electrons. The maximum Gasteiger partial charge on any atom is 0.332 e. The summed E-state index contributed by atoms with van der Waals surface area (Å²) in [5.41, 5.74) is -0.416. The Morgan fingerprint density at radius 3 is 1.54 bits per heavy atom. The number of halogens is 1. The highest BCUT2D eigenvalue weighted by Gasteiger charge is 2.22. The standard InChI is InChI=1S/C18H15P.C12H21IO3/c1-4-10-16(11-5-1)19(17-12-6-2-7-13-17)18-14-8-3-9-15-18;1-12(2,3)16-11(14)8-15-10-6-4-9(13)5-7-10/h1-15H;9-10H,4-8H2,1-3H3. The lowest BCUT2D eigenvalue weighted by Gasteiger charge is -2.26. The van der Waals surface area contributed by atoms with Gasteiger partial charge in [0.1, 0.15) is 12.2 Å². The number of carbonyl (C=O) groups excluding carboxylic acids is 1. The molecule has 1 saturated carbocycles. The molecule has 0 heterocycles. The Morgan fingerprint density at radius 1 is 0.771 bits per heavy atom. The smallest absolute Gasteiger partial charge is 0.332 e. The molecule has 3 nitrogen and oxygen atoms in total. The van der Waals surface area contributed by atoms with Crippen LogP contribution in [-0.2, 0) is 14.3 Å². The maximum absolute atomic E-state index is 11.4. The predicted octanol–water partition coefficient (Wildman–Crippen LogP) is 6.54. The molecule has 0 aliphatic heterocycles. The van der Waals surface area contributed by atoms with Crippen LogP contribution >= 0.6 is 30.5 Å². The van der Waals surface area contributed by atoms with Gasteiger partial charge >= 0.3 is 5.97 Å². The van der Waals surface area contributed by atoms with Crippen molar-refractivity contribution >= 4 is 52.4 Å². The van der Waals surface area contributed by atoms with E-state index in [-0.39, 0.29) is 18.7 Å². The summed E-state index contributed by atoms with van der Waals surface area (Å²) in [5.74, 6) is -0.260. The molecule has 0 atom stereocenters. The van der Waals surface area contributed by atoms with Crippen molar-refractivity contribution < 1.29 is 14.3 Å². The van der Waals surface area contributed by atoms with Crippen molar-refractivity contribution in [3.63, 3.8) is 0 Å². The van der Waals surface area contributed by atoms with Crippen LogP contribution < -0.4 is 15.9 Å². The van der Waals surface area contributed by atoms with Gasteiger partial charge in [-0.25, -0.2) is 4.79 Å². The molecule has 4 rings (SSSR count). The number of alkyl halides is 1. The fourth-order valence-corrected chi connectivity index (χ4v) is 6.95. The summed E-state index contributed by atoms with van der Waals surface area (Å²) in [7, 11) is -0.446. The van der Waals surface area contributed by atoms with E-state index in [9.17, 15) is 4.79 Å². The Bertz CT molecular complexity index is 904. The van der Waals surface area contributed by atoms with E-state index in [2.05, 4.69) is 114 Å². The third-order valence-electron chi connectivity index (χ3n) is 5.50. The summed E-state index contributed by atoms with van der Waals surface area (Å²) in [6, 6.07) is 32.3. The first-order valence-electron chi connectivity index (χ1n) is 12.2. The van der Waals surface area contributed by atoms with Crippen molar-refractivity contribution in [1.82, 2.24) is 0 Å². The third kappa shape index (κ3) is 10.0. The van der Waals surface area contributed by atoms with E-state index >= 15 is 0 Å². The van der Waals surface area contributed by atoms with Crippen LogP contribution in [0, 0.1) is 0 Å². The van der Waals surface area contributed by atoms with Gasteiger partial charge in [-0.1, -0.05) is 114 Å². The van der Waals surface area contributed by atoms with Crippen molar-refractivity contribution in [2.45, 2.75) is 62.1 Å². The average molecular weight is 602 g/mol. The van der Waals surface area contributed by atoms with Crippen LogP contribution in [0.1, 0.15) is 46.5 Å². The number of rotatable bonds is 6. The monoisotopic (exact) mass is 602 g/mol. The number of hydrogen-bond donors (Lipinski definition) is 0.